The van der Waals surface area contributed by atoms with Crippen LogP contribution in [0.25, 0.3) is 0 Å². The minimum Gasteiger partial charge on any atom is -0.458 e. The van der Waals surface area contributed by atoms with Crippen molar-refractivity contribution in [2.45, 2.75) is 52.6 Å². The maximum Gasteiger partial charge on any atom is 0.338 e. The van der Waals surface area contributed by atoms with Crippen LogP contribution in [-0.4, -0.2) is 17.9 Å². The van der Waals surface area contributed by atoms with Gasteiger partial charge in [-0.05, 0) is 42.7 Å². The molecule has 3 nitrogen and oxygen atoms in total. The average molecular weight is 276 g/mol. The summed E-state index contributed by atoms with van der Waals surface area (Å²) in [6, 6.07) is 0. The summed E-state index contributed by atoms with van der Waals surface area (Å²) in [5.74, 6) is 1.34. The Bertz CT molecular complexity index is 445. The highest BCUT2D eigenvalue weighted by atomic mass is 16.5. The van der Waals surface area contributed by atoms with Crippen LogP contribution in [0.15, 0.2) is 23.8 Å². The molecule has 0 amide bonds. The molecule has 2 aliphatic rings. The predicted octanol–water partition coefficient (Wildman–Crippen LogP) is 3.45. The van der Waals surface area contributed by atoms with Gasteiger partial charge < -0.3 is 4.74 Å². The quantitative estimate of drug-likeness (QED) is 0.742. The van der Waals surface area contributed by atoms with Crippen molar-refractivity contribution in [2.24, 2.45) is 17.8 Å². The second kappa shape index (κ2) is 6.38. The topological polar surface area (TPSA) is 43.4 Å². The first-order valence-corrected chi connectivity index (χ1v) is 7.59. The minimum atomic E-state index is -0.279. The highest BCUT2D eigenvalue weighted by Crippen LogP contribution is 2.35. The summed E-state index contributed by atoms with van der Waals surface area (Å²) in [5.41, 5.74) is 0.519. The molecule has 0 spiro atoms. The zero-order valence-electron chi connectivity index (χ0n) is 12.6. The smallest absolute Gasteiger partial charge is 0.338 e. The van der Waals surface area contributed by atoms with Crippen LogP contribution in [0, 0.1) is 17.8 Å². The monoisotopic (exact) mass is 276 g/mol. The van der Waals surface area contributed by atoms with Gasteiger partial charge in [-0.3, -0.25) is 4.79 Å². The minimum absolute atomic E-state index is 0.0122. The zero-order chi connectivity index (χ0) is 14.7. The Morgan fingerprint density at radius 2 is 2.05 bits per heavy atom. The molecular weight excluding hydrogens is 252 g/mol. The molecule has 0 N–H and O–H groups in total. The number of carbonyl (C=O) groups excluding carboxylic acids is 2. The third-order valence-electron chi connectivity index (χ3n) is 4.43. The highest BCUT2D eigenvalue weighted by Gasteiger charge is 2.33. The summed E-state index contributed by atoms with van der Waals surface area (Å²) in [6.45, 7) is 6.61. The van der Waals surface area contributed by atoms with Crippen molar-refractivity contribution < 1.29 is 14.3 Å². The Morgan fingerprint density at radius 3 is 2.65 bits per heavy atom. The van der Waals surface area contributed by atoms with Crippen molar-refractivity contribution in [1.29, 1.82) is 0 Å². The van der Waals surface area contributed by atoms with Gasteiger partial charge in [-0.1, -0.05) is 33.3 Å². The fraction of sp³-hybridized carbons (Fsp3) is 0.647. The molecule has 0 heterocycles. The van der Waals surface area contributed by atoms with Crippen LogP contribution in [0.1, 0.15) is 46.5 Å². The molecule has 1 saturated carbocycles. The number of ether oxygens (including phenoxy) is 1. The molecule has 0 radical (unpaired) electrons. The largest absolute Gasteiger partial charge is 0.458 e. The molecule has 3 atom stereocenters. The van der Waals surface area contributed by atoms with Gasteiger partial charge in [-0.15, -0.1) is 0 Å². The number of carbonyl (C=O) groups is 2. The zero-order valence-corrected chi connectivity index (χ0v) is 12.6. The molecule has 0 aliphatic heterocycles. The molecule has 0 bridgehead atoms. The van der Waals surface area contributed by atoms with E-state index in [0.717, 1.165) is 12.8 Å². The first-order valence-electron chi connectivity index (χ1n) is 7.59. The van der Waals surface area contributed by atoms with Crippen LogP contribution in [0.4, 0.5) is 0 Å². The van der Waals surface area contributed by atoms with Crippen molar-refractivity contribution in [3.63, 3.8) is 0 Å². The van der Waals surface area contributed by atoms with Gasteiger partial charge >= 0.3 is 5.97 Å². The molecule has 3 unspecified atom stereocenters. The Kier molecular flexibility index (Phi) is 4.79. The highest BCUT2D eigenvalue weighted by molar-refractivity contribution is 6.00. The van der Waals surface area contributed by atoms with Crippen molar-refractivity contribution in [1.82, 2.24) is 0 Å². The summed E-state index contributed by atoms with van der Waals surface area (Å²) in [5, 5.41) is 0. The molecular formula is C17H24O3. The van der Waals surface area contributed by atoms with E-state index in [9.17, 15) is 9.59 Å². The average Bonchev–Trinajstić information content (AvgIpc) is 2.39. The maximum atomic E-state index is 12.2. The summed E-state index contributed by atoms with van der Waals surface area (Å²) < 4.78 is 5.74. The number of hydrogen-bond donors (Lipinski definition) is 0. The summed E-state index contributed by atoms with van der Waals surface area (Å²) in [7, 11) is 0. The van der Waals surface area contributed by atoms with Crippen molar-refractivity contribution in [2.75, 3.05) is 0 Å². The summed E-state index contributed by atoms with van der Waals surface area (Å²) >= 11 is 0. The molecule has 0 aromatic heterocycles. The van der Waals surface area contributed by atoms with Crippen LogP contribution in [0.2, 0.25) is 0 Å². The number of esters is 1. The van der Waals surface area contributed by atoms with Gasteiger partial charge in [0.1, 0.15) is 6.10 Å². The lowest BCUT2D eigenvalue weighted by atomic mass is 9.75. The predicted molar refractivity (Wildman–Crippen MR) is 78.1 cm³/mol. The summed E-state index contributed by atoms with van der Waals surface area (Å²) in [4.78, 5) is 23.3. The molecule has 3 heteroatoms. The first kappa shape index (κ1) is 15.0. The van der Waals surface area contributed by atoms with E-state index < -0.39 is 0 Å². The molecule has 0 aromatic rings. The molecule has 1 fully saturated rings. The van der Waals surface area contributed by atoms with Gasteiger partial charge in [-0.2, -0.15) is 0 Å². The van der Waals surface area contributed by atoms with E-state index in [2.05, 4.69) is 20.8 Å². The third-order valence-corrected chi connectivity index (χ3v) is 4.43. The van der Waals surface area contributed by atoms with E-state index in [4.69, 9.17) is 4.74 Å². The number of hydrogen-bond acceptors (Lipinski definition) is 3. The van der Waals surface area contributed by atoms with Gasteiger partial charge in [-0.25, -0.2) is 4.79 Å². The van der Waals surface area contributed by atoms with E-state index in [1.165, 1.54) is 12.5 Å². The molecule has 2 aliphatic carbocycles. The van der Waals surface area contributed by atoms with Gasteiger partial charge in [0, 0.05) is 6.42 Å². The second-order valence-electron chi connectivity index (χ2n) is 6.43. The van der Waals surface area contributed by atoms with Gasteiger partial charge in [0.15, 0.2) is 5.78 Å². The molecule has 0 saturated heterocycles. The number of rotatable bonds is 3. The van der Waals surface area contributed by atoms with Crippen LogP contribution in [0.3, 0.4) is 0 Å². The maximum absolute atomic E-state index is 12.2. The SMILES string of the molecule is CC1CCC(C(C)C)C(OC(=O)C2=CCC(=O)C=C2)C1. The van der Waals surface area contributed by atoms with Crippen LogP contribution >= 0.6 is 0 Å². The fourth-order valence-corrected chi connectivity index (χ4v) is 3.14. The summed E-state index contributed by atoms with van der Waals surface area (Å²) in [6.07, 6.45) is 8.31. The lowest BCUT2D eigenvalue weighted by Gasteiger charge is -2.36. The van der Waals surface area contributed by atoms with Gasteiger partial charge in [0.25, 0.3) is 0 Å². The second-order valence-corrected chi connectivity index (χ2v) is 6.43. The van der Waals surface area contributed by atoms with Crippen molar-refractivity contribution in [3.8, 4) is 0 Å². The lowest BCUT2D eigenvalue weighted by Crippen LogP contribution is -2.36. The number of ketones is 1. The van der Waals surface area contributed by atoms with E-state index >= 15 is 0 Å². The Hall–Kier alpha value is -1.38. The van der Waals surface area contributed by atoms with E-state index in [0.29, 0.717) is 29.7 Å². The fourth-order valence-electron chi connectivity index (χ4n) is 3.14. The molecule has 0 aromatic carbocycles. The lowest BCUT2D eigenvalue weighted by molar-refractivity contribution is -0.150. The standard InChI is InChI=1S/C17H24O3/c1-11(2)15-9-4-12(3)10-16(15)20-17(19)13-5-7-14(18)8-6-13/h5-7,11-12,15-16H,4,8-10H2,1-3H3. The van der Waals surface area contributed by atoms with Crippen LogP contribution in [-0.2, 0) is 14.3 Å². The van der Waals surface area contributed by atoms with E-state index in [1.807, 2.05) is 0 Å². The Labute approximate surface area is 121 Å². The Morgan fingerprint density at radius 1 is 1.30 bits per heavy atom. The molecule has 110 valence electrons. The van der Waals surface area contributed by atoms with E-state index in [-0.39, 0.29) is 17.9 Å². The van der Waals surface area contributed by atoms with Crippen LogP contribution in [0.5, 0.6) is 0 Å². The number of allylic oxidation sites excluding steroid dienone is 2. The molecule has 2 rings (SSSR count). The van der Waals surface area contributed by atoms with E-state index in [1.54, 1.807) is 12.2 Å². The van der Waals surface area contributed by atoms with Crippen molar-refractivity contribution in [3.05, 3.63) is 23.8 Å². The first-order chi connectivity index (χ1) is 9.47. The van der Waals surface area contributed by atoms with Crippen molar-refractivity contribution >= 4 is 11.8 Å². The van der Waals surface area contributed by atoms with Crippen LogP contribution < -0.4 is 0 Å². The molecule has 20 heavy (non-hydrogen) atoms. The third kappa shape index (κ3) is 3.59. The Balaban J connectivity index is 2.01. The van der Waals surface area contributed by atoms with Gasteiger partial charge in [0.05, 0.1) is 5.57 Å². The normalized spacial score (nSPS) is 30.3. The van der Waals surface area contributed by atoms with Gasteiger partial charge in [0.2, 0.25) is 0 Å².